The van der Waals surface area contributed by atoms with Crippen molar-refractivity contribution in [3.63, 3.8) is 0 Å². The van der Waals surface area contributed by atoms with Crippen LogP contribution in [0.4, 0.5) is 5.69 Å². The molecule has 0 saturated carbocycles. The molecule has 168 valence electrons. The highest BCUT2D eigenvalue weighted by molar-refractivity contribution is 6.33. The lowest BCUT2D eigenvalue weighted by Gasteiger charge is -2.38. The summed E-state index contributed by atoms with van der Waals surface area (Å²) in [5, 5.41) is 3.37. The van der Waals surface area contributed by atoms with Gasteiger partial charge in [-0.2, -0.15) is 0 Å². The summed E-state index contributed by atoms with van der Waals surface area (Å²) in [6.07, 6.45) is 2.34. The second-order valence-corrected chi connectivity index (χ2v) is 7.91. The molecule has 3 N–H and O–H groups in total. The van der Waals surface area contributed by atoms with E-state index in [0.717, 1.165) is 31.0 Å². The number of amides is 1. The van der Waals surface area contributed by atoms with Crippen LogP contribution in [0.15, 0.2) is 30.5 Å². The number of nitrogens with two attached hydrogens (primary N) is 1. The highest BCUT2D eigenvalue weighted by Crippen LogP contribution is 2.29. The van der Waals surface area contributed by atoms with Crippen LogP contribution in [0, 0.1) is 6.92 Å². The summed E-state index contributed by atoms with van der Waals surface area (Å²) < 4.78 is 16.7. The van der Waals surface area contributed by atoms with Gasteiger partial charge in [-0.3, -0.25) is 14.7 Å². The minimum atomic E-state index is -0.269. The Balaban J connectivity index is 1.54. The number of nitrogens with one attached hydrogen (secondary N) is 1. The fourth-order valence-electron chi connectivity index (χ4n) is 3.58. The monoisotopic (exact) mass is 448 g/mol. The summed E-state index contributed by atoms with van der Waals surface area (Å²) in [4.78, 5) is 19.4. The van der Waals surface area contributed by atoms with Gasteiger partial charge in [-0.05, 0) is 31.5 Å². The van der Waals surface area contributed by atoms with Gasteiger partial charge in [0.05, 0.1) is 41.7 Å². The lowest BCUT2D eigenvalue weighted by Crippen LogP contribution is -2.55. The van der Waals surface area contributed by atoms with E-state index < -0.39 is 0 Å². The van der Waals surface area contributed by atoms with Gasteiger partial charge in [0.2, 0.25) is 0 Å². The van der Waals surface area contributed by atoms with Gasteiger partial charge in [-0.1, -0.05) is 11.6 Å². The van der Waals surface area contributed by atoms with Gasteiger partial charge >= 0.3 is 0 Å². The Morgan fingerprint density at radius 3 is 2.84 bits per heavy atom. The van der Waals surface area contributed by atoms with Crippen LogP contribution in [0.5, 0.6) is 11.5 Å². The number of carbonyl (C=O) groups excluding carboxylic acids is 1. The van der Waals surface area contributed by atoms with E-state index in [2.05, 4.69) is 15.2 Å². The number of benzene rings is 1. The summed E-state index contributed by atoms with van der Waals surface area (Å²) in [5.41, 5.74) is 7.47. The molecule has 8 nitrogen and oxygen atoms in total. The van der Waals surface area contributed by atoms with Crippen molar-refractivity contribution in [3.8, 4) is 11.5 Å². The Bertz CT molecular complexity index is 894. The number of aromatic nitrogens is 1. The topological polar surface area (TPSA) is 98.9 Å². The van der Waals surface area contributed by atoms with E-state index in [4.69, 9.17) is 31.5 Å². The maximum atomic E-state index is 12.9. The largest absolute Gasteiger partial charge is 0.496 e. The lowest BCUT2D eigenvalue weighted by molar-refractivity contribution is 0.00321. The van der Waals surface area contributed by atoms with Crippen LogP contribution in [-0.4, -0.2) is 68.4 Å². The molecule has 1 aromatic heterocycles. The molecule has 0 aliphatic carbocycles. The van der Waals surface area contributed by atoms with Crippen LogP contribution in [0.25, 0.3) is 0 Å². The number of hydrogen-bond acceptors (Lipinski definition) is 7. The molecule has 9 heteroatoms. The van der Waals surface area contributed by atoms with Crippen molar-refractivity contribution >= 4 is 23.2 Å². The molecule has 1 fully saturated rings. The predicted molar refractivity (Wildman–Crippen MR) is 120 cm³/mol. The molecule has 1 aliphatic heterocycles. The number of hydrogen-bond donors (Lipinski definition) is 2. The van der Waals surface area contributed by atoms with E-state index in [1.54, 1.807) is 19.4 Å². The van der Waals surface area contributed by atoms with Crippen LogP contribution >= 0.6 is 11.6 Å². The van der Waals surface area contributed by atoms with Crippen molar-refractivity contribution in [3.05, 3.63) is 46.7 Å². The number of piperidine rings is 1. The number of carbonyl (C=O) groups is 1. The average molecular weight is 449 g/mol. The Morgan fingerprint density at radius 2 is 2.16 bits per heavy atom. The molecule has 2 heterocycles. The molecule has 2 atom stereocenters. The third-order valence-electron chi connectivity index (χ3n) is 5.39. The van der Waals surface area contributed by atoms with Gasteiger partial charge in [-0.15, -0.1) is 0 Å². The number of methoxy groups -OCH3 is 2. The second kappa shape index (κ2) is 10.7. The van der Waals surface area contributed by atoms with Gasteiger partial charge < -0.3 is 25.3 Å². The Hall–Kier alpha value is -2.55. The number of nitrogen functional groups attached to an aromatic ring is 1. The molecule has 0 bridgehead atoms. The van der Waals surface area contributed by atoms with E-state index in [1.807, 2.05) is 19.1 Å². The maximum absolute atomic E-state index is 12.9. The number of halogens is 1. The van der Waals surface area contributed by atoms with Crippen molar-refractivity contribution in [2.75, 3.05) is 46.2 Å². The number of nitrogens with zero attached hydrogens (tertiary/aromatic N) is 2. The SMILES string of the molecule is COc1cc(N)c(Cl)cc1C(=O)NC1CCN(CCOc2ccc(C)nc2)CC1OC. The first-order chi connectivity index (χ1) is 14.9. The van der Waals surface area contributed by atoms with E-state index in [9.17, 15) is 4.79 Å². The summed E-state index contributed by atoms with van der Waals surface area (Å²) >= 11 is 6.10. The summed E-state index contributed by atoms with van der Waals surface area (Å²) in [5.74, 6) is 0.871. The first kappa shape index (κ1) is 23.1. The van der Waals surface area contributed by atoms with Gasteiger partial charge in [0.1, 0.15) is 18.1 Å². The lowest BCUT2D eigenvalue weighted by atomic mass is 10.0. The third-order valence-corrected chi connectivity index (χ3v) is 5.71. The number of pyridine rings is 1. The Labute approximate surface area is 187 Å². The van der Waals surface area contributed by atoms with Gasteiger partial charge in [0.15, 0.2) is 0 Å². The normalized spacial score (nSPS) is 19.1. The molecule has 2 unspecified atom stereocenters. The second-order valence-electron chi connectivity index (χ2n) is 7.50. The van der Waals surface area contributed by atoms with E-state index in [1.165, 1.54) is 13.2 Å². The Morgan fingerprint density at radius 1 is 1.35 bits per heavy atom. The van der Waals surface area contributed by atoms with Gasteiger partial charge in [-0.25, -0.2) is 0 Å². The van der Waals surface area contributed by atoms with Crippen LogP contribution < -0.4 is 20.5 Å². The molecule has 1 amide bonds. The fourth-order valence-corrected chi connectivity index (χ4v) is 3.75. The standard InChI is InChI=1S/C22H29ClN4O4/c1-14-4-5-15(12-25-14)31-9-8-27-7-6-19(21(13-27)30-3)26-22(28)16-10-17(23)18(24)11-20(16)29-2/h4-5,10-12,19,21H,6-9,13,24H2,1-3H3,(H,26,28). The first-order valence-electron chi connectivity index (χ1n) is 10.2. The zero-order valence-electron chi connectivity index (χ0n) is 18.1. The summed E-state index contributed by atoms with van der Waals surface area (Å²) in [6.45, 7) is 4.77. The fraction of sp³-hybridized carbons (Fsp3) is 0.455. The molecule has 0 spiro atoms. The molecule has 1 aromatic carbocycles. The zero-order chi connectivity index (χ0) is 22.4. The van der Waals surface area contributed by atoms with Crippen LogP contribution in [0.3, 0.4) is 0 Å². The van der Waals surface area contributed by atoms with Crippen molar-refractivity contribution < 1.29 is 19.0 Å². The molecule has 31 heavy (non-hydrogen) atoms. The molecule has 3 rings (SSSR count). The Kier molecular flexibility index (Phi) is 7.95. The number of aryl methyl sites for hydroxylation is 1. The molecule has 2 aromatic rings. The average Bonchev–Trinajstić information content (AvgIpc) is 2.77. The summed E-state index contributed by atoms with van der Waals surface area (Å²) in [6, 6.07) is 6.79. The number of anilines is 1. The molecular weight excluding hydrogens is 420 g/mol. The highest BCUT2D eigenvalue weighted by Gasteiger charge is 2.31. The summed E-state index contributed by atoms with van der Waals surface area (Å²) in [7, 11) is 3.15. The van der Waals surface area contributed by atoms with E-state index >= 15 is 0 Å². The number of ether oxygens (including phenoxy) is 3. The minimum absolute atomic E-state index is 0.128. The molecular formula is C22H29ClN4O4. The highest BCUT2D eigenvalue weighted by atomic mass is 35.5. The minimum Gasteiger partial charge on any atom is -0.496 e. The molecule has 1 saturated heterocycles. The van der Waals surface area contributed by atoms with E-state index in [0.29, 0.717) is 35.2 Å². The van der Waals surface area contributed by atoms with Crippen LogP contribution in [0.2, 0.25) is 5.02 Å². The van der Waals surface area contributed by atoms with Gasteiger partial charge in [0.25, 0.3) is 5.91 Å². The van der Waals surface area contributed by atoms with Gasteiger partial charge in [0, 0.05) is 38.5 Å². The maximum Gasteiger partial charge on any atom is 0.255 e. The smallest absolute Gasteiger partial charge is 0.255 e. The van der Waals surface area contributed by atoms with Crippen LogP contribution in [0.1, 0.15) is 22.5 Å². The van der Waals surface area contributed by atoms with Crippen molar-refractivity contribution in [1.29, 1.82) is 0 Å². The van der Waals surface area contributed by atoms with Crippen LogP contribution in [-0.2, 0) is 4.74 Å². The predicted octanol–water partition coefficient (Wildman–Crippen LogP) is 2.53. The zero-order valence-corrected chi connectivity index (χ0v) is 18.8. The van der Waals surface area contributed by atoms with Crippen molar-refractivity contribution in [2.24, 2.45) is 0 Å². The quantitative estimate of drug-likeness (QED) is 0.598. The number of rotatable bonds is 8. The first-order valence-corrected chi connectivity index (χ1v) is 10.5. The third kappa shape index (κ3) is 6.00. The van der Waals surface area contributed by atoms with Crippen molar-refractivity contribution in [1.82, 2.24) is 15.2 Å². The van der Waals surface area contributed by atoms with Crippen molar-refractivity contribution in [2.45, 2.75) is 25.5 Å². The number of likely N-dealkylation sites (tertiary alicyclic amines) is 1. The van der Waals surface area contributed by atoms with E-state index in [-0.39, 0.29) is 18.1 Å². The molecule has 0 radical (unpaired) electrons. The molecule has 1 aliphatic rings.